The first-order valence-corrected chi connectivity index (χ1v) is 8.75. The van der Waals surface area contributed by atoms with E-state index in [2.05, 4.69) is 27.9 Å². The third-order valence-electron chi connectivity index (χ3n) is 3.18. The van der Waals surface area contributed by atoms with E-state index in [1.54, 1.807) is 14.2 Å². The Balaban J connectivity index is 4.39. The zero-order chi connectivity index (χ0) is 18.4. The first-order valence-electron chi connectivity index (χ1n) is 8.75. The Morgan fingerprint density at radius 1 is 1.21 bits per heavy atom. The van der Waals surface area contributed by atoms with Crippen LogP contribution in [-0.2, 0) is 9.47 Å². The van der Waals surface area contributed by atoms with E-state index < -0.39 is 11.7 Å². The summed E-state index contributed by atoms with van der Waals surface area (Å²) in [5, 5.41) is 9.44. The molecule has 0 bridgehead atoms. The van der Waals surface area contributed by atoms with Crippen LogP contribution in [0.4, 0.5) is 4.79 Å². The third-order valence-corrected chi connectivity index (χ3v) is 3.18. The third kappa shape index (κ3) is 13.0. The van der Waals surface area contributed by atoms with E-state index in [9.17, 15) is 4.79 Å². The molecule has 0 aliphatic rings. The van der Waals surface area contributed by atoms with E-state index in [-0.39, 0.29) is 6.04 Å². The maximum Gasteiger partial charge on any atom is 0.407 e. The zero-order valence-corrected chi connectivity index (χ0v) is 16.2. The molecule has 0 saturated carbocycles. The average Bonchev–Trinajstić information content (AvgIpc) is 2.50. The number of rotatable bonds is 10. The van der Waals surface area contributed by atoms with Crippen molar-refractivity contribution in [3.05, 3.63) is 0 Å². The molecule has 0 aliphatic carbocycles. The fraction of sp³-hybridized carbons (Fsp3) is 0.882. The van der Waals surface area contributed by atoms with Gasteiger partial charge in [0.2, 0.25) is 0 Å². The number of guanidine groups is 1. The molecule has 0 fully saturated rings. The molecule has 0 saturated heterocycles. The predicted molar refractivity (Wildman–Crippen MR) is 98.5 cm³/mol. The van der Waals surface area contributed by atoms with Gasteiger partial charge < -0.3 is 25.4 Å². The summed E-state index contributed by atoms with van der Waals surface area (Å²) >= 11 is 0. The van der Waals surface area contributed by atoms with Gasteiger partial charge in [0.25, 0.3) is 0 Å². The van der Waals surface area contributed by atoms with Crippen LogP contribution in [0.15, 0.2) is 4.99 Å². The number of hydrogen-bond donors (Lipinski definition) is 3. The number of amides is 1. The van der Waals surface area contributed by atoms with Crippen LogP contribution in [-0.4, -0.2) is 57.5 Å². The van der Waals surface area contributed by atoms with Crippen LogP contribution in [0, 0.1) is 0 Å². The summed E-state index contributed by atoms with van der Waals surface area (Å²) in [6.07, 6.45) is 3.64. The fourth-order valence-electron chi connectivity index (χ4n) is 2.01. The molecule has 0 aliphatic heterocycles. The number of hydrogen-bond acceptors (Lipinski definition) is 4. The normalized spacial score (nSPS) is 13.3. The Morgan fingerprint density at radius 3 is 2.46 bits per heavy atom. The van der Waals surface area contributed by atoms with E-state index in [1.807, 2.05) is 20.8 Å². The van der Waals surface area contributed by atoms with Crippen molar-refractivity contribution >= 4 is 12.1 Å². The zero-order valence-electron chi connectivity index (χ0n) is 16.2. The molecule has 0 heterocycles. The van der Waals surface area contributed by atoms with Crippen molar-refractivity contribution in [2.75, 3.05) is 33.9 Å². The summed E-state index contributed by atoms with van der Waals surface area (Å²) in [5.41, 5.74) is -0.491. The van der Waals surface area contributed by atoms with Crippen LogP contribution in [0.5, 0.6) is 0 Å². The molecule has 7 nitrogen and oxygen atoms in total. The summed E-state index contributed by atoms with van der Waals surface area (Å²) in [6.45, 7) is 9.70. The Kier molecular flexibility index (Phi) is 12.1. The molecule has 0 rings (SSSR count). The SMILES string of the molecule is CCCCC(CNC(=O)OC(C)(C)C)NC(=NC)NCCCOC. The molecular weight excluding hydrogens is 308 g/mol. The summed E-state index contributed by atoms with van der Waals surface area (Å²) in [5.74, 6) is 0.734. The van der Waals surface area contributed by atoms with Gasteiger partial charge in [0, 0.05) is 39.9 Å². The van der Waals surface area contributed by atoms with Crippen LogP contribution < -0.4 is 16.0 Å². The molecule has 1 amide bonds. The number of carbonyl (C=O) groups is 1. The number of alkyl carbamates (subject to hydrolysis) is 1. The maximum absolute atomic E-state index is 11.8. The molecule has 1 unspecified atom stereocenters. The fourth-order valence-corrected chi connectivity index (χ4v) is 2.01. The van der Waals surface area contributed by atoms with Crippen molar-refractivity contribution in [1.82, 2.24) is 16.0 Å². The molecular formula is C17H36N4O3. The lowest BCUT2D eigenvalue weighted by molar-refractivity contribution is 0.0523. The highest BCUT2D eigenvalue weighted by molar-refractivity contribution is 5.80. The van der Waals surface area contributed by atoms with Gasteiger partial charge in [-0.1, -0.05) is 19.8 Å². The van der Waals surface area contributed by atoms with Crippen molar-refractivity contribution in [3.8, 4) is 0 Å². The summed E-state index contributed by atoms with van der Waals surface area (Å²) < 4.78 is 10.3. The second kappa shape index (κ2) is 12.9. The van der Waals surface area contributed by atoms with Gasteiger partial charge in [0.05, 0.1) is 0 Å². The summed E-state index contributed by atoms with van der Waals surface area (Å²) in [4.78, 5) is 16.0. The molecule has 0 aromatic carbocycles. The lowest BCUT2D eigenvalue weighted by Gasteiger charge is -2.24. The van der Waals surface area contributed by atoms with Gasteiger partial charge >= 0.3 is 6.09 Å². The molecule has 7 heteroatoms. The summed E-state index contributed by atoms with van der Waals surface area (Å²) in [6, 6.07) is 0.103. The average molecular weight is 345 g/mol. The van der Waals surface area contributed by atoms with E-state index in [0.717, 1.165) is 38.2 Å². The predicted octanol–water partition coefficient (Wildman–Crippen LogP) is 2.27. The first kappa shape index (κ1) is 22.5. The highest BCUT2D eigenvalue weighted by Gasteiger charge is 2.17. The lowest BCUT2D eigenvalue weighted by Crippen LogP contribution is -2.49. The summed E-state index contributed by atoms with van der Waals surface area (Å²) in [7, 11) is 3.43. The quantitative estimate of drug-likeness (QED) is 0.322. The van der Waals surface area contributed by atoms with Crippen LogP contribution in [0.1, 0.15) is 53.4 Å². The van der Waals surface area contributed by atoms with Gasteiger partial charge in [0.15, 0.2) is 5.96 Å². The second-order valence-corrected chi connectivity index (χ2v) is 6.71. The van der Waals surface area contributed by atoms with Crippen LogP contribution in [0.2, 0.25) is 0 Å². The lowest BCUT2D eigenvalue weighted by atomic mass is 10.1. The van der Waals surface area contributed by atoms with Crippen molar-refractivity contribution in [2.24, 2.45) is 4.99 Å². The molecule has 24 heavy (non-hydrogen) atoms. The number of methoxy groups -OCH3 is 1. The van der Waals surface area contributed by atoms with Gasteiger partial charge in [-0.25, -0.2) is 4.79 Å². The molecule has 0 radical (unpaired) electrons. The second-order valence-electron chi connectivity index (χ2n) is 6.71. The van der Waals surface area contributed by atoms with Crippen LogP contribution >= 0.6 is 0 Å². The Morgan fingerprint density at radius 2 is 1.92 bits per heavy atom. The number of unbranched alkanes of at least 4 members (excludes halogenated alkanes) is 1. The number of aliphatic imine (C=N–C) groups is 1. The Labute approximate surface area is 147 Å². The monoisotopic (exact) mass is 344 g/mol. The van der Waals surface area contributed by atoms with Gasteiger partial charge in [0.1, 0.15) is 5.60 Å². The number of ether oxygens (including phenoxy) is 2. The van der Waals surface area contributed by atoms with E-state index in [0.29, 0.717) is 13.2 Å². The first-order chi connectivity index (χ1) is 11.3. The number of nitrogens with one attached hydrogen (secondary N) is 3. The smallest absolute Gasteiger partial charge is 0.407 e. The Bertz CT molecular complexity index is 367. The minimum absolute atomic E-state index is 0.103. The van der Waals surface area contributed by atoms with Gasteiger partial charge in [-0.05, 0) is 33.6 Å². The van der Waals surface area contributed by atoms with E-state index >= 15 is 0 Å². The molecule has 1 atom stereocenters. The molecule has 0 spiro atoms. The van der Waals surface area contributed by atoms with Crippen molar-refractivity contribution in [2.45, 2.75) is 65.0 Å². The molecule has 3 N–H and O–H groups in total. The highest BCUT2D eigenvalue weighted by Crippen LogP contribution is 2.06. The van der Waals surface area contributed by atoms with Gasteiger partial charge in [-0.2, -0.15) is 0 Å². The van der Waals surface area contributed by atoms with Crippen molar-refractivity contribution < 1.29 is 14.3 Å². The standard InChI is InChI=1S/C17H36N4O3/c1-7-8-10-14(13-20-16(22)24-17(2,3)4)21-15(18-5)19-11-9-12-23-6/h14H,7-13H2,1-6H3,(H,20,22)(H2,18,19,21). The van der Waals surface area contributed by atoms with Gasteiger partial charge in [-0.3, -0.25) is 4.99 Å². The number of nitrogens with zero attached hydrogens (tertiary/aromatic N) is 1. The van der Waals surface area contributed by atoms with Crippen LogP contribution in [0.3, 0.4) is 0 Å². The topological polar surface area (TPSA) is 84.0 Å². The van der Waals surface area contributed by atoms with Crippen molar-refractivity contribution in [1.29, 1.82) is 0 Å². The number of carbonyl (C=O) groups excluding carboxylic acids is 1. The van der Waals surface area contributed by atoms with E-state index in [1.165, 1.54) is 0 Å². The molecule has 0 aromatic rings. The largest absolute Gasteiger partial charge is 0.444 e. The van der Waals surface area contributed by atoms with E-state index in [4.69, 9.17) is 9.47 Å². The minimum Gasteiger partial charge on any atom is -0.444 e. The molecule has 0 aromatic heterocycles. The van der Waals surface area contributed by atoms with Crippen molar-refractivity contribution in [3.63, 3.8) is 0 Å². The maximum atomic E-state index is 11.8. The van der Waals surface area contributed by atoms with Gasteiger partial charge in [-0.15, -0.1) is 0 Å². The molecule has 142 valence electrons. The highest BCUT2D eigenvalue weighted by atomic mass is 16.6. The minimum atomic E-state index is -0.491. The Hall–Kier alpha value is -1.50. The van der Waals surface area contributed by atoms with Crippen LogP contribution in [0.25, 0.3) is 0 Å².